The molecule has 23 heavy (non-hydrogen) atoms. The Kier molecular flexibility index (Phi) is 3.36. The Morgan fingerprint density at radius 1 is 1.35 bits per heavy atom. The quantitative estimate of drug-likeness (QED) is 0.910. The van der Waals surface area contributed by atoms with Crippen molar-refractivity contribution in [2.45, 2.75) is 29.1 Å². The molecule has 4 rings (SSSR count). The second kappa shape index (κ2) is 5.28. The Bertz CT molecular complexity index is 780. The van der Waals surface area contributed by atoms with Crippen molar-refractivity contribution in [1.29, 1.82) is 0 Å². The van der Waals surface area contributed by atoms with Crippen LogP contribution in [0.15, 0.2) is 52.4 Å². The van der Waals surface area contributed by atoms with E-state index < -0.39 is 5.60 Å². The Hall–Kier alpha value is -1.98. The summed E-state index contributed by atoms with van der Waals surface area (Å²) in [6.45, 7) is 2.52. The highest BCUT2D eigenvalue weighted by Gasteiger charge is 2.49. The summed E-state index contributed by atoms with van der Waals surface area (Å²) in [5.41, 5.74) is 7.61. The number of amidine groups is 1. The molecule has 0 aliphatic carbocycles. The molecule has 0 bridgehead atoms. The van der Waals surface area contributed by atoms with E-state index in [0.717, 1.165) is 23.4 Å². The fourth-order valence-corrected chi connectivity index (χ4v) is 4.73. The van der Waals surface area contributed by atoms with Gasteiger partial charge in [-0.1, -0.05) is 18.2 Å². The van der Waals surface area contributed by atoms with Gasteiger partial charge in [0.15, 0.2) is 5.60 Å². The maximum Gasteiger partial charge on any atom is 0.161 e. The number of aliphatic hydroxyl groups is 1. The Morgan fingerprint density at radius 3 is 2.96 bits per heavy atom. The molecule has 118 valence electrons. The molecule has 0 fully saturated rings. The van der Waals surface area contributed by atoms with Crippen LogP contribution in [0.4, 0.5) is 5.69 Å². The summed E-state index contributed by atoms with van der Waals surface area (Å²) in [6, 6.07) is 13.8. The van der Waals surface area contributed by atoms with Crippen LogP contribution in [0.25, 0.3) is 0 Å². The summed E-state index contributed by atoms with van der Waals surface area (Å²) in [5, 5.41) is 11.4. The highest BCUT2D eigenvalue weighted by Crippen LogP contribution is 2.50. The molecular weight excluding hydrogens is 308 g/mol. The summed E-state index contributed by atoms with van der Waals surface area (Å²) in [4.78, 5) is 5.59. The van der Waals surface area contributed by atoms with Crippen LogP contribution in [0.5, 0.6) is 5.75 Å². The molecule has 0 spiro atoms. The molecular formula is C18H18N2O2S. The van der Waals surface area contributed by atoms with Gasteiger partial charge in [0.25, 0.3) is 0 Å². The molecule has 0 aromatic heterocycles. The van der Waals surface area contributed by atoms with Crippen LogP contribution in [0.2, 0.25) is 0 Å². The van der Waals surface area contributed by atoms with E-state index in [0.29, 0.717) is 6.61 Å². The molecule has 2 aliphatic heterocycles. The lowest BCUT2D eigenvalue weighted by atomic mass is 9.87. The number of nitrogens with two attached hydrogens (primary N) is 1. The number of rotatable bonds is 3. The number of ether oxygens (including phenoxy) is 1. The van der Waals surface area contributed by atoms with Crippen LogP contribution >= 0.6 is 11.8 Å². The first-order chi connectivity index (χ1) is 11.1. The minimum atomic E-state index is -1.26. The van der Waals surface area contributed by atoms with E-state index in [1.54, 1.807) is 11.8 Å². The van der Waals surface area contributed by atoms with Crippen molar-refractivity contribution < 1.29 is 9.84 Å². The van der Waals surface area contributed by atoms with Crippen molar-refractivity contribution in [2.24, 2.45) is 10.7 Å². The first-order valence-electron chi connectivity index (χ1n) is 7.72. The number of benzene rings is 2. The third kappa shape index (κ3) is 2.15. The molecule has 2 aliphatic rings. The first kappa shape index (κ1) is 14.6. The van der Waals surface area contributed by atoms with Gasteiger partial charge in [0.05, 0.1) is 17.5 Å². The van der Waals surface area contributed by atoms with E-state index in [-0.39, 0.29) is 11.1 Å². The van der Waals surface area contributed by atoms with Crippen LogP contribution in [-0.2, 0) is 12.0 Å². The van der Waals surface area contributed by atoms with E-state index in [9.17, 15) is 5.11 Å². The molecule has 0 saturated heterocycles. The SMILES string of the molecule is CCOc1ccc2c(c1)C(O)(C1Cc3ccccc3S1)C(N)=N2. The van der Waals surface area contributed by atoms with E-state index in [4.69, 9.17) is 10.5 Å². The Labute approximate surface area is 139 Å². The van der Waals surface area contributed by atoms with E-state index >= 15 is 0 Å². The molecule has 2 unspecified atom stereocenters. The molecule has 2 aromatic carbocycles. The fraction of sp³-hybridized carbons (Fsp3) is 0.278. The number of hydrogen-bond donors (Lipinski definition) is 2. The lowest BCUT2D eigenvalue weighted by Crippen LogP contribution is -2.47. The Morgan fingerprint density at radius 2 is 2.17 bits per heavy atom. The second-order valence-corrected chi connectivity index (χ2v) is 7.04. The van der Waals surface area contributed by atoms with Gasteiger partial charge in [-0.15, -0.1) is 11.8 Å². The maximum atomic E-state index is 11.4. The van der Waals surface area contributed by atoms with E-state index in [1.165, 1.54) is 10.5 Å². The summed E-state index contributed by atoms with van der Waals surface area (Å²) in [6.07, 6.45) is 0.770. The van der Waals surface area contributed by atoms with Crippen LogP contribution in [-0.4, -0.2) is 22.8 Å². The number of hydrogen-bond acceptors (Lipinski definition) is 5. The molecule has 2 heterocycles. The van der Waals surface area contributed by atoms with Crippen molar-refractivity contribution in [3.8, 4) is 5.75 Å². The Balaban J connectivity index is 1.75. The molecule has 0 saturated carbocycles. The largest absolute Gasteiger partial charge is 0.494 e. The molecule has 5 heteroatoms. The monoisotopic (exact) mass is 326 g/mol. The molecule has 2 aromatic rings. The van der Waals surface area contributed by atoms with Crippen molar-refractivity contribution in [3.05, 3.63) is 53.6 Å². The minimum Gasteiger partial charge on any atom is -0.494 e. The molecule has 3 N–H and O–H groups in total. The average Bonchev–Trinajstić information content (AvgIpc) is 3.09. The van der Waals surface area contributed by atoms with Crippen LogP contribution in [0.3, 0.4) is 0 Å². The standard InChI is InChI=1S/C18H18N2O2S/c1-2-22-12-7-8-14-13(10-12)18(21,17(19)20-14)16-9-11-5-3-4-6-15(11)23-16/h3-8,10,16,21H,2,9H2,1H3,(H2,19,20). The number of fused-ring (bicyclic) bond motifs is 2. The van der Waals surface area contributed by atoms with Crippen LogP contribution in [0, 0.1) is 0 Å². The summed E-state index contributed by atoms with van der Waals surface area (Å²) >= 11 is 1.67. The summed E-state index contributed by atoms with van der Waals surface area (Å²) < 4.78 is 5.57. The highest BCUT2D eigenvalue weighted by molar-refractivity contribution is 8.00. The lowest BCUT2D eigenvalue weighted by Gasteiger charge is -2.30. The predicted octanol–water partition coefficient (Wildman–Crippen LogP) is 2.99. The normalized spacial score (nSPS) is 25.0. The summed E-state index contributed by atoms with van der Waals surface area (Å²) in [5.74, 6) is 1.00. The zero-order chi connectivity index (χ0) is 16.0. The predicted molar refractivity (Wildman–Crippen MR) is 92.6 cm³/mol. The smallest absolute Gasteiger partial charge is 0.161 e. The molecule has 0 amide bonds. The third-order valence-electron chi connectivity index (χ3n) is 4.43. The second-order valence-electron chi connectivity index (χ2n) is 5.79. The van der Waals surface area contributed by atoms with Gasteiger partial charge in [0.1, 0.15) is 11.6 Å². The van der Waals surface area contributed by atoms with Gasteiger partial charge in [-0.3, -0.25) is 0 Å². The van der Waals surface area contributed by atoms with Gasteiger partial charge in [-0.2, -0.15) is 0 Å². The van der Waals surface area contributed by atoms with Crippen molar-refractivity contribution in [1.82, 2.24) is 0 Å². The zero-order valence-electron chi connectivity index (χ0n) is 12.8. The minimum absolute atomic E-state index is 0.0817. The third-order valence-corrected chi connectivity index (χ3v) is 5.88. The van der Waals surface area contributed by atoms with E-state index in [2.05, 4.69) is 17.1 Å². The molecule has 0 radical (unpaired) electrons. The average molecular weight is 326 g/mol. The maximum absolute atomic E-state index is 11.4. The van der Waals surface area contributed by atoms with Gasteiger partial charge >= 0.3 is 0 Å². The fourth-order valence-electron chi connectivity index (χ4n) is 3.28. The van der Waals surface area contributed by atoms with Gasteiger partial charge < -0.3 is 15.6 Å². The summed E-state index contributed by atoms with van der Waals surface area (Å²) in [7, 11) is 0. The number of aliphatic imine (C=N–C) groups is 1. The lowest BCUT2D eigenvalue weighted by molar-refractivity contribution is 0.111. The van der Waals surface area contributed by atoms with Gasteiger partial charge in [0, 0.05) is 10.5 Å². The van der Waals surface area contributed by atoms with Gasteiger partial charge in [-0.25, -0.2) is 4.99 Å². The molecule has 2 atom stereocenters. The van der Waals surface area contributed by atoms with Crippen molar-refractivity contribution >= 4 is 23.3 Å². The van der Waals surface area contributed by atoms with Crippen molar-refractivity contribution in [2.75, 3.05) is 6.61 Å². The van der Waals surface area contributed by atoms with Crippen LogP contribution in [0.1, 0.15) is 18.1 Å². The first-order valence-corrected chi connectivity index (χ1v) is 8.59. The number of thioether (sulfide) groups is 1. The highest BCUT2D eigenvalue weighted by atomic mass is 32.2. The topological polar surface area (TPSA) is 67.8 Å². The van der Waals surface area contributed by atoms with E-state index in [1.807, 2.05) is 37.3 Å². The van der Waals surface area contributed by atoms with Crippen LogP contribution < -0.4 is 10.5 Å². The molecule has 4 nitrogen and oxygen atoms in total. The van der Waals surface area contributed by atoms with Gasteiger partial charge in [0.2, 0.25) is 0 Å². The number of nitrogens with zero attached hydrogens (tertiary/aromatic N) is 1. The van der Waals surface area contributed by atoms with Crippen molar-refractivity contribution in [3.63, 3.8) is 0 Å². The van der Waals surface area contributed by atoms with Gasteiger partial charge in [-0.05, 0) is 43.2 Å². The zero-order valence-corrected chi connectivity index (χ0v) is 13.6.